The molecule has 0 radical (unpaired) electrons. The maximum Gasteiger partial charge on any atom is 0.255 e. The van der Waals surface area contributed by atoms with Crippen LogP contribution >= 0.6 is 0 Å². The number of nitrogens with zero attached hydrogens (tertiary/aromatic N) is 3. The van der Waals surface area contributed by atoms with E-state index in [4.69, 9.17) is 10.7 Å². The number of aromatic nitrogens is 3. The monoisotopic (exact) mass is 381 g/mol. The molecule has 0 bridgehead atoms. The van der Waals surface area contributed by atoms with Crippen LogP contribution in [0.2, 0.25) is 0 Å². The summed E-state index contributed by atoms with van der Waals surface area (Å²) in [5.41, 5.74) is 7.36. The second kappa shape index (κ2) is 6.43. The van der Waals surface area contributed by atoms with Crippen LogP contribution in [0.5, 0.6) is 0 Å². The minimum absolute atomic E-state index is 0.0296. The molecule has 2 aliphatic rings. The summed E-state index contributed by atoms with van der Waals surface area (Å²) in [5.74, 6) is 1.07. The van der Waals surface area contributed by atoms with Crippen LogP contribution in [0.15, 0.2) is 23.1 Å². The summed E-state index contributed by atoms with van der Waals surface area (Å²) in [5, 5.41) is 0. The molecule has 7 nitrogen and oxygen atoms in total. The zero-order valence-corrected chi connectivity index (χ0v) is 16.7. The van der Waals surface area contributed by atoms with Crippen LogP contribution in [-0.4, -0.2) is 38.8 Å². The third-order valence-corrected chi connectivity index (χ3v) is 5.98. The Morgan fingerprint density at radius 1 is 1.29 bits per heavy atom. The number of likely N-dealkylation sites (tertiary alicyclic amines) is 1. The van der Waals surface area contributed by atoms with E-state index >= 15 is 0 Å². The summed E-state index contributed by atoms with van der Waals surface area (Å²) in [6, 6.07) is 3.36. The van der Waals surface area contributed by atoms with Crippen molar-refractivity contribution in [3.05, 3.63) is 51.3 Å². The van der Waals surface area contributed by atoms with Gasteiger partial charge >= 0.3 is 0 Å². The molecule has 148 valence electrons. The van der Waals surface area contributed by atoms with E-state index in [0.29, 0.717) is 36.7 Å². The van der Waals surface area contributed by atoms with Gasteiger partial charge in [-0.05, 0) is 37.8 Å². The summed E-state index contributed by atoms with van der Waals surface area (Å²) >= 11 is 0. The van der Waals surface area contributed by atoms with Gasteiger partial charge in [0, 0.05) is 35.7 Å². The van der Waals surface area contributed by atoms with Gasteiger partial charge in [0.2, 0.25) is 0 Å². The molecular weight excluding hydrogens is 354 g/mol. The van der Waals surface area contributed by atoms with Gasteiger partial charge < -0.3 is 15.6 Å². The van der Waals surface area contributed by atoms with Crippen LogP contribution < -0.4 is 11.3 Å². The Morgan fingerprint density at radius 2 is 2.07 bits per heavy atom. The molecule has 1 unspecified atom stereocenters. The van der Waals surface area contributed by atoms with Gasteiger partial charge in [-0.3, -0.25) is 9.59 Å². The molecule has 1 aliphatic heterocycles. The minimum Gasteiger partial charge on any atom is -0.384 e. The number of nitrogens with two attached hydrogens (primary N) is 1. The number of H-pyrrole nitrogens is 1. The van der Waals surface area contributed by atoms with Crippen LogP contribution in [-0.2, 0) is 17.3 Å². The number of nitrogen functional groups attached to an aromatic ring is 1. The van der Waals surface area contributed by atoms with Gasteiger partial charge in [-0.25, -0.2) is 9.97 Å². The number of nitrogens with one attached hydrogen (secondary N) is 1. The highest BCUT2D eigenvalue weighted by molar-refractivity contribution is 5.94. The Hall–Kier alpha value is -2.70. The van der Waals surface area contributed by atoms with E-state index in [-0.39, 0.29) is 22.3 Å². The number of rotatable bonds is 1. The molecular formula is C21H27N5O2. The molecule has 1 fully saturated rings. The molecule has 1 amide bonds. The van der Waals surface area contributed by atoms with Crippen molar-refractivity contribution in [2.75, 3.05) is 18.8 Å². The van der Waals surface area contributed by atoms with Crippen molar-refractivity contribution < 1.29 is 4.79 Å². The highest BCUT2D eigenvalue weighted by Crippen LogP contribution is 2.43. The molecule has 1 spiro atoms. The number of pyridine rings is 1. The molecule has 0 aromatic carbocycles. The first kappa shape index (κ1) is 18.7. The SMILES string of the molecule is CC(C)(C)c1nc2c(c(=O)[nH]1)CCC21CCCN(C(=O)c2ccc(N)nc2)C1. The van der Waals surface area contributed by atoms with Gasteiger partial charge in [0.1, 0.15) is 11.6 Å². The number of hydrogen-bond donors (Lipinski definition) is 2. The summed E-state index contributed by atoms with van der Waals surface area (Å²) in [6.07, 6.45) is 4.95. The largest absolute Gasteiger partial charge is 0.384 e. The van der Waals surface area contributed by atoms with Gasteiger partial charge in [-0.1, -0.05) is 20.8 Å². The first-order valence-electron chi connectivity index (χ1n) is 9.85. The number of carbonyl (C=O) groups is 1. The van der Waals surface area contributed by atoms with E-state index in [9.17, 15) is 9.59 Å². The average molecular weight is 381 g/mol. The Balaban J connectivity index is 1.69. The van der Waals surface area contributed by atoms with E-state index in [0.717, 1.165) is 30.5 Å². The Bertz CT molecular complexity index is 974. The van der Waals surface area contributed by atoms with Crippen LogP contribution in [0.4, 0.5) is 5.82 Å². The first-order chi connectivity index (χ1) is 13.2. The molecule has 3 N–H and O–H groups in total. The summed E-state index contributed by atoms with van der Waals surface area (Å²) in [7, 11) is 0. The Labute approximate surface area is 164 Å². The Kier molecular flexibility index (Phi) is 4.28. The summed E-state index contributed by atoms with van der Waals surface area (Å²) < 4.78 is 0. The number of carbonyl (C=O) groups excluding carboxylic acids is 1. The standard InChI is InChI=1S/C21H27N5O2/c1-20(2,3)19-24-16-14(17(27)25-19)7-9-21(16)8-4-10-26(12-21)18(28)13-5-6-15(22)23-11-13/h5-6,11H,4,7-10,12H2,1-3H3,(H2,22,23)(H,24,25,27). The second-order valence-corrected chi connectivity index (χ2v) is 9.07. The highest BCUT2D eigenvalue weighted by atomic mass is 16.2. The fourth-order valence-electron chi connectivity index (χ4n) is 4.42. The van der Waals surface area contributed by atoms with Crippen LogP contribution in [0.1, 0.15) is 67.5 Å². The fourth-order valence-corrected chi connectivity index (χ4v) is 4.42. The van der Waals surface area contributed by atoms with Gasteiger partial charge in [-0.15, -0.1) is 0 Å². The number of amides is 1. The van der Waals surface area contributed by atoms with E-state index in [2.05, 4.69) is 9.97 Å². The first-order valence-corrected chi connectivity index (χ1v) is 9.85. The molecule has 2 aromatic heterocycles. The molecule has 0 saturated carbocycles. The van der Waals surface area contributed by atoms with Crippen molar-refractivity contribution in [3.63, 3.8) is 0 Å². The average Bonchev–Trinajstić information content (AvgIpc) is 3.00. The van der Waals surface area contributed by atoms with Crippen molar-refractivity contribution in [2.24, 2.45) is 0 Å². The predicted molar refractivity (Wildman–Crippen MR) is 107 cm³/mol. The minimum atomic E-state index is -0.238. The highest BCUT2D eigenvalue weighted by Gasteiger charge is 2.46. The van der Waals surface area contributed by atoms with Gasteiger partial charge in [0.25, 0.3) is 11.5 Å². The lowest BCUT2D eigenvalue weighted by Gasteiger charge is -2.40. The lowest BCUT2D eigenvalue weighted by atomic mass is 9.77. The summed E-state index contributed by atoms with van der Waals surface area (Å²) in [6.45, 7) is 7.43. The smallest absolute Gasteiger partial charge is 0.255 e. The van der Waals surface area contributed by atoms with Crippen molar-refractivity contribution in [2.45, 2.75) is 57.3 Å². The predicted octanol–water partition coefficient (Wildman–Crippen LogP) is 2.16. The quantitative estimate of drug-likeness (QED) is 0.788. The van der Waals surface area contributed by atoms with Crippen molar-refractivity contribution in [1.82, 2.24) is 19.9 Å². The number of piperidine rings is 1. The van der Waals surface area contributed by atoms with E-state index in [1.54, 1.807) is 12.1 Å². The molecule has 7 heteroatoms. The van der Waals surface area contributed by atoms with Gasteiger partial charge in [-0.2, -0.15) is 0 Å². The fraction of sp³-hybridized carbons (Fsp3) is 0.524. The second-order valence-electron chi connectivity index (χ2n) is 9.07. The van der Waals surface area contributed by atoms with Gasteiger partial charge in [0.05, 0.1) is 11.3 Å². The van der Waals surface area contributed by atoms with Gasteiger partial charge in [0.15, 0.2) is 0 Å². The topological polar surface area (TPSA) is 105 Å². The van der Waals surface area contributed by atoms with Crippen molar-refractivity contribution >= 4 is 11.7 Å². The molecule has 2 aromatic rings. The lowest BCUT2D eigenvalue weighted by molar-refractivity contribution is 0.0632. The molecule has 1 saturated heterocycles. The number of anilines is 1. The van der Waals surface area contributed by atoms with Crippen LogP contribution in [0.25, 0.3) is 0 Å². The maximum atomic E-state index is 13.0. The van der Waals surface area contributed by atoms with E-state index < -0.39 is 0 Å². The van der Waals surface area contributed by atoms with Crippen LogP contribution in [0.3, 0.4) is 0 Å². The number of hydrogen-bond acceptors (Lipinski definition) is 5. The third kappa shape index (κ3) is 3.08. The lowest BCUT2D eigenvalue weighted by Crippen LogP contribution is -2.48. The van der Waals surface area contributed by atoms with Crippen molar-refractivity contribution in [3.8, 4) is 0 Å². The van der Waals surface area contributed by atoms with E-state index in [1.807, 2.05) is 25.7 Å². The van der Waals surface area contributed by atoms with Crippen LogP contribution in [0, 0.1) is 0 Å². The normalized spacial score (nSPS) is 21.8. The zero-order chi connectivity index (χ0) is 20.1. The molecule has 4 rings (SSSR count). The molecule has 28 heavy (non-hydrogen) atoms. The van der Waals surface area contributed by atoms with E-state index in [1.165, 1.54) is 6.20 Å². The van der Waals surface area contributed by atoms with Crippen molar-refractivity contribution in [1.29, 1.82) is 0 Å². The molecule has 3 heterocycles. The number of fused-ring (bicyclic) bond motifs is 2. The molecule has 1 aliphatic carbocycles. The zero-order valence-electron chi connectivity index (χ0n) is 16.7. The summed E-state index contributed by atoms with van der Waals surface area (Å²) in [4.78, 5) is 39.5. The number of aromatic amines is 1. The maximum absolute atomic E-state index is 13.0. The Morgan fingerprint density at radius 3 is 2.75 bits per heavy atom. The third-order valence-electron chi connectivity index (χ3n) is 5.98. The molecule has 1 atom stereocenters.